The van der Waals surface area contributed by atoms with Crippen LogP contribution in [0.5, 0.6) is 0 Å². The van der Waals surface area contributed by atoms with Crippen molar-refractivity contribution >= 4 is 21.4 Å². The zero-order valence-corrected chi connectivity index (χ0v) is 13.5. The quantitative estimate of drug-likeness (QED) is 0.855. The van der Waals surface area contributed by atoms with E-state index in [0.29, 0.717) is 11.3 Å². The highest BCUT2D eigenvalue weighted by Crippen LogP contribution is 2.28. The predicted octanol–water partition coefficient (Wildman–Crippen LogP) is 3.30. The van der Waals surface area contributed by atoms with Crippen molar-refractivity contribution in [3.8, 4) is 0 Å². The normalized spacial score (nSPS) is 11.4. The summed E-state index contributed by atoms with van der Waals surface area (Å²) < 4.78 is 28.0. The Hall–Kier alpha value is -2.01. The molecule has 0 fully saturated rings. The SMILES string of the molecule is Cc1ccc(C)c(NS(=O)(=O)c2c(N)ccc(C)c2C)c1. The summed E-state index contributed by atoms with van der Waals surface area (Å²) in [6.45, 7) is 7.42. The number of hydrogen-bond donors (Lipinski definition) is 2. The molecule has 0 heterocycles. The summed E-state index contributed by atoms with van der Waals surface area (Å²) in [6, 6.07) is 9.09. The second-order valence-corrected chi connectivity index (χ2v) is 6.97. The van der Waals surface area contributed by atoms with Gasteiger partial charge in [-0.25, -0.2) is 8.42 Å². The minimum Gasteiger partial charge on any atom is -0.398 e. The maximum absolute atomic E-state index is 12.7. The number of sulfonamides is 1. The van der Waals surface area contributed by atoms with Gasteiger partial charge in [0.1, 0.15) is 4.90 Å². The molecule has 0 aliphatic heterocycles. The minimum atomic E-state index is -3.71. The van der Waals surface area contributed by atoms with Gasteiger partial charge in [-0.1, -0.05) is 18.2 Å². The van der Waals surface area contributed by atoms with Crippen LogP contribution in [-0.4, -0.2) is 8.42 Å². The first-order chi connectivity index (χ1) is 9.72. The number of anilines is 2. The molecule has 2 aromatic rings. The molecule has 2 rings (SSSR count). The lowest BCUT2D eigenvalue weighted by atomic mass is 10.1. The van der Waals surface area contributed by atoms with Gasteiger partial charge in [-0.2, -0.15) is 0 Å². The van der Waals surface area contributed by atoms with Crippen LogP contribution in [0.1, 0.15) is 22.3 Å². The molecule has 2 aromatic carbocycles. The van der Waals surface area contributed by atoms with Crippen molar-refractivity contribution in [3.05, 3.63) is 52.6 Å². The fourth-order valence-corrected chi connectivity index (χ4v) is 3.76. The smallest absolute Gasteiger partial charge is 0.264 e. The van der Waals surface area contributed by atoms with E-state index in [-0.39, 0.29) is 10.6 Å². The van der Waals surface area contributed by atoms with E-state index in [1.54, 1.807) is 13.0 Å². The van der Waals surface area contributed by atoms with Crippen molar-refractivity contribution in [2.24, 2.45) is 0 Å². The van der Waals surface area contributed by atoms with Gasteiger partial charge >= 0.3 is 0 Å². The Labute approximate surface area is 126 Å². The molecule has 3 N–H and O–H groups in total. The molecule has 0 amide bonds. The van der Waals surface area contributed by atoms with Gasteiger partial charge in [-0.3, -0.25) is 4.72 Å². The Morgan fingerprint density at radius 2 is 1.57 bits per heavy atom. The van der Waals surface area contributed by atoms with Crippen molar-refractivity contribution < 1.29 is 8.42 Å². The summed E-state index contributed by atoms with van der Waals surface area (Å²) in [7, 11) is -3.71. The summed E-state index contributed by atoms with van der Waals surface area (Å²) in [5.74, 6) is 0. The van der Waals surface area contributed by atoms with Crippen molar-refractivity contribution in [2.75, 3.05) is 10.5 Å². The molecule has 0 radical (unpaired) electrons. The highest BCUT2D eigenvalue weighted by Gasteiger charge is 2.22. The Morgan fingerprint density at radius 3 is 2.24 bits per heavy atom. The lowest BCUT2D eigenvalue weighted by molar-refractivity contribution is 0.601. The molecule has 0 aromatic heterocycles. The fourth-order valence-electron chi connectivity index (χ4n) is 2.21. The standard InChI is InChI=1S/C16H20N2O2S/c1-10-5-6-12(3)15(9-10)18-21(19,20)16-13(4)11(2)7-8-14(16)17/h5-9,18H,17H2,1-4H3. The molecule has 0 bridgehead atoms. The number of hydrogen-bond acceptors (Lipinski definition) is 3. The molecule has 0 aliphatic carbocycles. The fraction of sp³-hybridized carbons (Fsp3) is 0.250. The molecule has 0 spiro atoms. The van der Waals surface area contributed by atoms with Gasteiger partial charge in [0.15, 0.2) is 0 Å². The number of nitrogen functional groups attached to an aromatic ring is 1. The summed E-state index contributed by atoms with van der Waals surface area (Å²) in [5.41, 5.74) is 10.1. The molecule has 4 nitrogen and oxygen atoms in total. The van der Waals surface area contributed by atoms with E-state index in [1.807, 2.05) is 45.0 Å². The second-order valence-electron chi connectivity index (χ2n) is 5.35. The molecule has 0 unspecified atom stereocenters. The molecule has 0 aliphatic rings. The van der Waals surface area contributed by atoms with Gasteiger partial charge in [0.25, 0.3) is 10.0 Å². The summed E-state index contributed by atoms with van der Waals surface area (Å²) in [5, 5.41) is 0. The maximum Gasteiger partial charge on any atom is 0.264 e. The first-order valence-electron chi connectivity index (χ1n) is 6.68. The van der Waals surface area contributed by atoms with Crippen LogP contribution >= 0.6 is 0 Å². The topological polar surface area (TPSA) is 72.2 Å². The lowest BCUT2D eigenvalue weighted by Crippen LogP contribution is -2.17. The Bertz CT molecular complexity index is 796. The van der Waals surface area contributed by atoms with Gasteiger partial charge in [0.05, 0.1) is 11.4 Å². The zero-order chi connectivity index (χ0) is 15.8. The van der Waals surface area contributed by atoms with Crippen molar-refractivity contribution in [1.29, 1.82) is 0 Å². The lowest BCUT2D eigenvalue weighted by Gasteiger charge is -2.15. The van der Waals surface area contributed by atoms with E-state index >= 15 is 0 Å². The molecule has 0 saturated heterocycles. The van der Waals surface area contributed by atoms with Gasteiger partial charge in [0.2, 0.25) is 0 Å². The van der Waals surface area contributed by atoms with Crippen LogP contribution in [-0.2, 0) is 10.0 Å². The van der Waals surface area contributed by atoms with E-state index in [4.69, 9.17) is 5.73 Å². The zero-order valence-electron chi connectivity index (χ0n) is 12.7. The molecule has 5 heteroatoms. The summed E-state index contributed by atoms with van der Waals surface area (Å²) in [6.07, 6.45) is 0. The van der Waals surface area contributed by atoms with Crippen molar-refractivity contribution in [1.82, 2.24) is 0 Å². The number of rotatable bonds is 3. The number of benzene rings is 2. The van der Waals surface area contributed by atoms with E-state index < -0.39 is 10.0 Å². The number of aryl methyl sites for hydroxylation is 3. The highest BCUT2D eigenvalue weighted by molar-refractivity contribution is 7.93. The average Bonchev–Trinajstić information content (AvgIpc) is 2.38. The molecular formula is C16H20N2O2S. The van der Waals surface area contributed by atoms with Gasteiger partial charge in [0, 0.05) is 0 Å². The van der Waals surface area contributed by atoms with Crippen LogP contribution in [0.25, 0.3) is 0 Å². The predicted molar refractivity (Wildman–Crippen MR) is 87.1 cm³/mol. The van der Waals surface area contributed by atoms with Crippen LogP contribution in [0.3, 0.4) is 0 Å². The van der Waals surface area contributed by atoms with Crippen LogP contribution in [0, 0.1) is 27.7 Å². The van der Waals surface area contributed by atoms with Crippen LogP contribution < -0.4 is 10.5 Å². The highest BCUT2D eigenvalue weighted by atomic mass is 32.2. The van der Waals surface area contributed by atoms with E-state index in [2.05, 4.69) is 4.72 Å². The van der Waals surface area contributed by atoms with Crippen LogP contribution in [0.2, 0.25) is 0 Å². The molecule has 112 valence electrons. The summed E-state index contributed by atoms with van der Waals surface area (Å²) >= 11 is 0. The third-order valence-electron chi connectivity index (χ3n) is 3.61. The minimum absolute atomic E-state index is 0.156. The number of nitrogens with one attached hydrogen (secondary N) is 1. The second kappa shape index (κ2) is 5.41. The molecule has 0 atom stereocenters. The Kier molecular flexibility index (Phi) is 3.96. The molecule has 0 saturated carbocycles. The largest absolute Gasteiger partial charge is 0.398 e. The first kappa shape index (κ1) is 15.4. The van der Waals surface area contributed by atoms with Crippen LogP contribution in [0.15, 0.2) is 35.2 Å². The monoisotopic (exact) mass is 304 g/mol. The van der Waals surface area contributed by atoms with Crippen LogP contribution in [0.4, 0.5) is 11.4 Å². The third-order valence-corrected chi connectivity index (χ3v) is 5.18. The van der Waals surface area contributed by atoms with Crippen molar-refractivity contribution in [2.45, 2.75) is 32.6 Å². The van der Waals surface area contributed by atoms with E-state index in [9.17, 15) is 8.42 Å². The van der Waals surface area contributed by atoms with Gasteiger partial charge < -0.3 is 5.73 Å². The summed E-state index contributed by atoms with van der Waals surface area (Å²) in [4.78, 5) is 0.156. The molecule has 21 heavy (non-hydrogen) atoms. The maximum atomic E-state index is 12.7. The van der Waals surface area contributed by atoms with E-state index in [1.165, 1.54) is 0 Å². The number of nitrogens with two attached hydrogens (primary N) is 1. The van der Waals surface area contributed by atoms with E-state index in [0.717, 1.165) is 16.7 Å². The average molecular weight is 304 g/mol. The first-order valence-corrected chi connectivity index (χ1v) is 8.16. The third kappa shape index (κ3) is 3.03. The van der Waals surface area contributed by atoms with Gasteiger partial charge in [-0.15, -0.1) is 0 Å². The van der Waals surface area contributed by atoms with Gasteiger partial charge in [-0.05, 0) is 62.1 Å². The van der Waals surface area contributed by atoms with Crippen molar-refractivity contribution in [3.63, 3.8) is 0 Å². The Balaban J connectivity index is 2.54. The molecular weight excluding hydrogens is 284 g/mol. The Morgan fingerprint density at radius 1 is 0.952 bits per heavy atom.